The number of halogens is 3. The van der Waals surface area contributed by atoms with Crippen molar-refractivity contribution in [2.45, 2.75) is 58.7 Å². The molecule has 8 heteroatoms. The zero-order valence-electron chi connectivity index (χ0n) is 24.1. The minimum absolute atomic E-state index is 0.0888. The molecule has 2 aliphatic carbocycles. The third-order valence-corrected chi connectivity index (χ3v) is 8.84. The molecule has 41 heavy (non-hydrogen) atoms. The van der Waals surface area contributed by atoms with E-state index in [9.17, 15) is 9.90 Å². The normalized spacial score (nSPS) is 22.0. The van der Waals surface area contributed by atoms with Crippen LogP contribution in [-0.2, 0) is 28.0 Å². The Morgan fingerprint density at radius 2 is 1.78 bits per heavy atom. The van der Waals surface area contributed by atoms with Crippen molar-refractivity contribution in [1.82, 2.24) is 0 Å². The highest BCUT2D eigenvalue weighted by atomic mass is 19.1. The van der Waals surface area contributed by atoms with Crippen LogP contribution in [0.5, 0.6) is 11.5 Å². The van der Waals surface area contributed by atoms with Crippen LogP contribution in [0, 0.1) is 34.7 Å². The van der Waals surface area contributed by atoms with Crippen molar-refractivity contribution in [1.29, 1.82) is 0 Å². The molecule has 5 nitrogen and oxygen atoms in total. The average molecular weight is 569 g/mol. The van der Waals surface area contributed by atoms with Crippen molar-refractivity contribution in [3.63, 3.8) is 0 Å². The molecule has 0 amide bonds. The lowest BCUT2D eigenvalue weighted by molar-refractivity contribution is -0.139. The monoisotopic (exact) mass is 568 g/mol. The Kier molecular flexibility index (Phi) is 7.35. The summed E-state index contributed by atoms with van der Waals surface area (Å²) in [5.74, 6) is -3.49. The maximum Gasteiger partial charge on any atom is 0.307 e. The number of hydrogen-bond donors (Lipinski definition) is 1. The highest BCUT2D eigenvalue weighted by Gasteiger charge is 2.70. The third kappa shape index (κ3) is 4.76. The summed E-state index contributed by atoms with van der Waals surface area (Å²) in [5.41, 5.74) is 1.45. The first-order valence-electron chi connectivity index (χ1n) is 13.7. The minimum Gasteiger partial charge on any atom is -0.497 e. The van der Waals surface area contributed by atoms with Crippen LogP contribution >= 0.6 is 0 Å². The van der Waals surface area contributed by atoms with Crippen LogP contribution in [-0.4, -0.2) is 25.3 Å². The Balaban J connectivity index is 1.52. The number of aliphatic carboxylic acids is 1. The fourth-order valence-electron chi connectivity index (χ4n) is 6.87. The van der Waals surface area contributed by atoms with E-state index in [-0.39, 0.29) is 34.8 Å². The summed E-state index contributed by atoms with van der Waals surface area (Å²) >= 11 is 0. The van der Waals surface area contributed by atoms with E-state index in [2.05, 4.69) is 0 Å². The number of carboxylic acids is 1. The molecule has 0 radical (unpaired) electrons. The van der Waals surface area contributed by atoms with Gasteiger partial charge in [0.15, 0.2) is 11.6 Å². The van der Waals surface area contributed by atoms with Crippen molar-refractivity contribution >= 4 is 5.97 Å². The number of benzene rings is 3. The molecular formula is C33H35F3O5. The van der Waals surface area contributed by atoms with Crippen molar-refractivity contribution in [2.24, 2.45) is 17.3 Å². The Bertz CT molecular complexity index is 1510. The Morgan fingerprint density at radius 1 is 1.05 bits per heavy atom. The Morgan fingerprint density at radius 3 is 2.39 bits per heavy atom. The SMILES string of the molecule is COc1ccc(F)c(-c2ccc(COc3cc(F)c4c(c3F)C3(CC4)C(C)C3C(=O)O)cc2C(OC)C(C)(C)C)c1. The summed E-state index contributed by atoms with van der Waals surface area (Å²) in [4.78, 5) is 11.8. The number of hydrogen-bond acceptors (Lipinski definition) is 4. The van der Waals surface area contributed by atoms with Crippen LogP contribution in [0.2, 0.25) is 0 Å². The van der Waals surface area contributed by atoms with Gasteiger partial charge in [-0.15, -0.1) is 0 Å². The van der Waals surface area contributed by atoms with Crippen LogP contribution in [0.4, 0.5) is 13.2 Å². The molecule has 0 aliphatic heterocycles. The standard InChI is InChI=1S/C33H35F3O5/c1-17-27(31(37)38)33(17)12-11-21-25(35)15-26(29(36)28(21)33)41-16-18-7-9-20(22-14-19(39-5)8-10-24(22)34)23(13-18)30(40-6)32(2,3)4/h7-10,13-15,17,27,30H,11-12,16H2,1-6H3,(H,37,38). The van der Waals surface area contributed by atoms with Crippen LogP contribution in [0.3, 0.4) is 0 Å². The minimum atomic E-state index is -0.997. The third-order valence-electron chi connectivity index (χ3n) is 8.84. The van der Waals surface area contributed by atoms with Crippen LogP contribution in [0.15, 0.2) is 42.5 Å². The molecule has 4 atom stereocenters. The molecule has 5 rings (SSSR count). The van der Waals surface area contributed by atoms with E-state index in [1.807, 2.05) is 26.8 Å². The quantitative estimate of drug-likeness (QED) is 0.303. The molecular weight excluding hydrogens is 533 g/mol. The van der Waals surface area contributed by atoms with Gasteiger partial charge in [0.25, 0.3) is 0 Å². The van der Waals surface area contributed by atoms with Crippen LogP contribution < -0.4 is 9.47 Å². The number of fused-ring (bicyclic) bond motifs is 2. The summed E-state index contributed by atoms with van der Waals surface area (Å²) in [6, 6.07) is 10.9. The topological polar surface area (TPSA) is 65.0 Å². The highest BCUT2D eigenvalue weighted by molar-refractivity contribution is 5.79. The van der Waals surface area contributed by atoms with Gasteiger partial charge in [0, 0.05) is 29.7 Å². The second-order valence-corrected chi connectivity index (χ2v) is 12.2. The average Bonchev–Trinajstić information content (AvgIpc) is 3.30. The van der Waals surface area contributed by atoms with Crippen molar-refractivity contribution in [2.75, 3.05) is 14.2 Å². The number of ether oxygens (including phenoxy) is 3. The predicted octanol–water partition coefficient (Wildman–Crippen LogP) is 7.63. The smallest absolute Gasteiger partial charge is 0.307 e. The first-order chi connectivity index (χ1) is 19.3. The largest absolute Gasteiger partial charge is 0.497 e. The zero-order chi connectivity index (χ0) is 29.9. The summed E-state index contributed by atoms with van der Waals surface area (Å²) in [7, 11) is 3.10. The van der Waals surface area contributed by atoms with Crippen molar-refractivity contribution in [3.05, 3.63) is 82.2 Å². The number of rotatable bonds is 8. The zero-order valence-corrected chi connectivity index (χ0v) is 24.1. The molecule has 0 saturated heterocycles. The van der Waals surface area contributed by atoms with E-state index in [4.69, 9.17) is 14.2 Å². The fourth-order valence-corrected chi connectivity index (χ4v) is 6.87. The second-order valence-electron chi connectivity index (χ2n) is 12.2. The maximum absolute atomic E-state index is 15.9. The lowest BCUT2D eigenvalue weighted by atomic mass is 9.81. The molecule has 0 aromatic heterocycles. The molecule has 3 aromatic rings. The van der Waals surface area contributed by atoms with Crippen LogP contribution in [0.1, 0.15) is 62.5 Å². The summed E-state index contributed by atoms with van der Waals surface area (Å²) in [6.07, 6.45) is 0.263. The molecule has 218 valence electrons. The van der Waals surface area contributed by atoms with Crippen molar-refractivity contribution in [3.8, 4) is 22.6 Å². The second kappa shape index (κ2) is 10.4. The number of carboxylic acid groups (broad SMARTS) is 1. The number of carbonyl (C=O) groups is 1. The first kappa shape index (κ1) is 29.0. The Labute approximate surface area is 238 Å². The molecule has 1 spiro atoms. The van der Waals surface area contributed by atoms with E-state index in [1.165, 1.54) is 13.2 Å². The van der Waals surface area contributed by atoms with E-state index < -0.39 is 40.9 Å². The summed E-state index contributed by atoms with van der Waals surface area (Å²) in [5, 5.41) is 9.67. The highest BCUT2D eigenvalue weighted by Crippen LogP contribution is 2.67. The van der Waals surface area contributed by atoms with Gasteiger partial charge in [0.1, 0.15) is 24.0 Å². The Hall–Kier alpha value is -3.52. The van der Waals surface area contributed by atoms with Gasteiger partial charge in [-0.3, -0.25) is 4.79 Å². The van der Waals surface area contributed by atoms with E-state index in [0.29, 0.717) is 40.8 Å². The molecule has 1 saturated carbocycles. The van der Waals surface area contributed by atoms with Crippen LogP contribution in [0.25, 0.3) is 11.1 Å². The maximum atomic E-state index is 15.9. The van der Waals surface area contributed by atoms with Gasteiger partial charge in [-0.25, -0.2) is 13.2 Å². The van der Waals surface area contributed by atoms with Gasteiger partial charge in [-0.1, -0.05) is 39.8 Å². The van der Waals surface area contributed by atoms with Gasteiger partial charge in [-0.05, 0) is 70.7 Å². The van der Waals surface area contributed by atoms with E-state index in [1.54, 1.807) is 38.3 Å². The molecule has 2 aliphatic rings. The molecule has 0 bridgehead atoms. The predicted molar refractivity (Wildman–Crippen MR) is 149 cm³/mol. The van der Waals surface area contributed by atoms with Gasteiger partial charge >= 0.3 is 5.97 Å². The first-order valence-corrected chi connectivity index (χ1v) is 13.7. The molecule has 1 fully saturated rings. The van der Waals surface area contributed by atoms with Crippen molar-refractivity contribution < 1.29 is 37.3 Å². The van der Waals surface area contributed by atoms with Gasteiger partial charge < -0.3 is 19.3 Å². The van der Waals surface area contributed by atoms with E-state index >= 15 is 13.2 Å². The fraction of sp³-hybridized carbons (Fsp3) is 0.424. The molecule has 3 aromatic carbocycles. The molecule has 0 heterocycles. The van der Waals surface area contributed by atoms with Gasteiger partial charge in [0.05, 0.1) is 19.1 Å². The lowest BCUT2D eigenvalue weighted by Gasteiger charge is -2.32. The molecule has 4 unspecified atom stereocenters. The number of methoxy groups -OCH3 is 2. The molecule has 1 N–H and O–H groups in total. The lowest BCUT2D eigenvalue weighted by Crippen LogP contribution is -2.21. The van der Waals surface area contributed by atoms with E-state index in [0.717, 1.165) is 6.07 Å². The summed E-state index contributed by atoms with van der Waals surface area (Å²) in [6.45, 7) is 7.72. The van der Waals surface area contributed by atoms with Gasteiger partial charge in [0.2, 0.25) is 0 Å². The van der Waals surface area contributed by atoms with Gasteiger partial charge in [-0.2, -0.15) is 0 Å². The summed E-state index contributed by atoms with van der Waals surface area (Å²) < 4.78 is 63.1.